The second-order valence-electron chi connectivity index (χ2n) is 2.49. The first kappa shape index (κ1) is 12.2. The van der Waals surface area contributed by atoms with Gasteiger partial charge in [0, 0.05) is 0 Å². The first-order chi connectivity index (χ1) is 5.72. The number of thiol groups is 2. The monoisotopic (exact) mass is 208 g/mol. The summed E-state index contributed by atoms with van der Waals surface area (Å²) in [6, 6.07) is 0. The van der Waals surface area contributed by atoms with Crippen molar-refractivity contribution in [1.82, 2.24) is 0 Å². The molecule has 72 valence electrons. The molecule has 0 aliphatic heterocycles. The van der Waals surface area contributed by atoms with Gasteiger partial charge in [-0.2, -0.15) is 25.3 Å². The van der Waals surface area contributed by atoms with Crippen LogP contribution in [-0.4, -0.2) is 23.6 Å². The van der Waals surface area contributed by atoms with Gasteiger partial charge >= 0.3 is 5.97 Å². The molecule has 0 aliphatic rings. The lowest BCUT2D eigenvalue weighted by Gasteiger charge is -2.08. The zero-order valence-corrected chi connectivity index (χ0v) is 9.11. The molecule has 0 amide bonds. The molecular weight excluding hydrogens is 192 g/mol. The lowest BCUT2D eigenvalue weighted by Crippen LogP contribution is -2.17. The number of esters is 1. The third-order valence-corrected chi connectivity index (χ3v) is 2.23. The molecule has 0 heterocycles. The Labute approximate surface area is 84.9 Å². The van der Waals surface area contributed by atoms with Crippen molar-refractivity contribution in [2.45, 2.75) is 31.4 Å². The predicted molar refractivity (Wildman–Crippen MR) is 57.1 cm³/mol. The van der Waals surface area contributed by atoms with Crippen molar-refractivity contribution in [3.63, 3.8) is 0 Å². The smallest absolute Gasteiger partial charge is 0.318 e. The second-order valence-corrected chi connectivity index (χ2v) is 3.56. The molecule has 4 heteroatoms. The topological polar surface area (TPSA) is 26.3 Å². The molecule has 0 saturated carbocycles. The predicted octanol–water partition coefficient (Wildman–Crippen LogP) is 1.95. The van der Waals surface area contributed by atoms with E-state index in [-0.39, 0.29) is 11.2 Å². The number of hydrogen-bond acceptors (Lipinski definition) is 4. The Bertz CT molecular complexity index is 128. The summed E-state index contributed by atoms with van der Waals surface area (Å²) in [7, 11) is 0. The molecule has 1 atom stereocenters. The van der Waals surface area contributed by atoms with Gasteiger partial charge in [-0.3, -0.25) is 4.79 Å². The largest absolute Gasteiger partial charge is 0.465 e. The Balaban J connectivity index is 3.42. The maximum atomic E-state index is 11.0. The van der Waals surface area contributed by atoms with Crippen LogP contribution in [0.5, 0.6) is 0 Å². The fraction of sp³-hybridized carbons (Fsp3) is 0.875. The maximum Gasteiger partial charge on any atom is 0.318 e. The normalized spacial score (nSPS) is 12.6. The highest BCUT2D eigenvalue weighted by Gasteiger charge is 2.13. The number of carbonyl (C=O) groups is 1. The number of hydrogen-bond donors (Lipinski definition) is 2. The van der Waals surface area contributed by atoms with Crippen LogP contribution in [0.2, 0.25) is 0 Å². The Hall–Kier alpha value is 0.170. The third kappa shape index (κ3) is 5.77. The minimum atomic E-state index is -0.259. The molecule has 0 aromatic heterocycles. The van der Waals surface area contributed by atoms with E-state index in [2.05, 4.69) is 25.3 Å². The van der Waals surface area contributed by atoms with E-state index in [9.17, 15) is 4.79 Å². The van der Waals surface area contributed by atoms with E-state index in [1.54, 1.807) is 6.92 Å². The van der Waals surface area contributed by atoms with Crippen LogP contribution in [0, 0.1) is 0 Å². The zero-order valence-electron chi connectivity index (χ0n) is 7.32. The van der Waals surface area contributed by atoms with Gasteiger partial charge in [-0.1, -0.05) is 6.42 Å². The van der Waals surface area contributed by atoms with E-state index in [1.165, 1.54) is 0 Å². The van der Waals surface area contributed by atoms with E-state index in [0.717, 1.165) is 25.0 Å². The summed E-state index contributed by atoms with van der Waals surface area (Å²) in [4.78, 5) is 11.0. The highest BCUT2D eigenvalue weighted by Crippen LogP contribution is 2.09. The van der Waals surface area contributed by atoms with Gasteiger partial charge in [-0.05, 0) is 25.5 Å². The van der Waals surface area contributed by atoms with Crippen molar-refractivity contribution < 1.29 is 9.53 Å². The van der Waals surface area contributed by atoms with Gasteiger partial charge in [0.1, 0.15) is 0 Å². The van der Waals surface area contributed by atoms with Crippen molar-refractivity contribution in [3.05, 3.63) is 0 Å². The van der Waals surface area contributed by atoms with E-state index in [0.29, 0.717) is 6.61 Å². The molecule has 0 aromatic carbocycles. The summed E-state index contributed by atoms with van der Waals surface area (Å²) in [6.07, 6.45) is 2.79. The summed E-state index contributed by atoms with van der Waals surface area (Å²) in [5.74, 6) is 0.656. The summed E-state index contributed by atoms with van der Waals surface area (Å²) in [5.41, 5.74) is 0. The van der Waals surface area contributed by atoms with Crippen LogP contribution >= 0.6 is 25.3 Å². The number of rotatable bonds is 6. The average molecular weight is 208 g/mol. The second kappa shape index (κ2) is 7.80. The van der Waals surface area contributed by atoms with Crippen LogP contribution < -0.4 is 0 Å². The number of carbonyl (C=O) groups excluding carboxylic acids is 1. The Kier molecular flexibility index (Phi) is 7.91. The SMILES string of the molecule is CCOC(=O)C(S)CCCCS. The molecule has 0 fully saturated rings. The highest BCUT2D eigenvalue weighted by molar-refractivity contribution is 7.81. The molecule has 0 saturated heterocycles. The quantitative estimate of drug-likeness (QED) is 0.396. The molecule has 0 aliphatic carbocycles. The van der Waals surface area contributed by atoms with Crippen LogP contribution in [-0.2, 0) is 9.53 Å². The van der Waals surface area contributed by atoms with Crippen LogP contribution in [0.1, 0.15) is 26.2 Å². The lowest BCUT2D eigenvalue weighted by molar-refractivity contribution is -0.142. The van der Waals surface area contributed by atoms with Crippen LogP contribution in [0.25, 0.3) is 0 Å². The van der Waals surface area contributed by atoms with E-state index >= 15 is 0 Å². The fourth-order valence-electron chi connectivity index (χ4n) is 0.806. The molecule has 2 nitrogen and oxygen atoms in total. The van der Waals surface area contributed by atoms with E-state index in [4.69, 9.17) is 4.74 Å². The van der Waals surface area contributed by atoms with Crippen molar-refractivity contribution in [2.24, 2.45) is 0 Å². The summed E-state index contributed by atoms with van der Waals surface area (Å²) in [6.45, 7) is 2.23. The van der Waals surface area contributed by atoms with Gasteiger partial charge < -0.3 is 4.74 Å². The van der Waals surface area contributed by atoms with E-state index < -0.39 is 0 Å². The van der Waals surface area contributed by atoms with Crippen LogP contribution in [0.3, 0.4) is 0 Å². The molecule has 0 N–H and O–H groups in total. The van der Waals surface area contributed by atoms with Gasteiger partial charge in [0.2, 0.25) is 0 Å². The summed E-state index contributed by atoms with van der Waals surface area (Å²) in [5, 5.41) is -0.259. The molecule has 12 heavy (non-hydrogen) atoms. The van der Waals surface area contributed by atoms with Crippen LogP contribution in [0.15, 0.2) is 0 Å². The third-order valence-electron chi connectivity index (χ3n) is 1.44. The summed E-state index contributed by atoms with van der Waals surface area (Å²) < 4.78 is 4.80. The Morgan fingerprint density at radius 1 is 1.50 bits per heavy atom. The summed E-state index contributed by atoms with van der Waals surface area (Å²) >= 11 is 8.21. The fourth-order valence-corrected chi connectivity index (χ4v) is 1.29. The van der Waals surface area contributed by atoms with Gasteiger partial charge in [0.15, 0.2) is 0 Å². The van der Waals surface area contributed by atoms with Crippen molar-refractivity contribution in [2.75, 3.05) is 12.4 Å². The van der Waals surface area contributed by atoms with Crippen molar-refractivity contribution >= 4 is 31.2 Å². The van der Waals surface area contributed by atoms with E-state index in [1.807, 2.05) is 0 Å². The molecule has 0 bridgehead atoms. The number of ether oxygens (including phenoxy) is 1. The highest BCUT2D eigenvalue weighted by atomic mass is 32.1. The lowest BCUT2D eigenvalue weighted by atomic mass is 10.2. The first-order valence-electron chi connectivity index (χ1n) is 4.18. The molecule has 0 radical (unpaired) electrons. The van der Waals surface area contributed by atoms with Gasteiger partial charge in [0.05, 0.1) is 11.9 Å². The molecule has 0 rings (SSSR count). The average Bonchev–Trinajstić information content (AvgIpc) is 2.05. The van der Waals surface area contributed by atoms with Gasteiger partial charge in [0.25, 0.3) is 0 Å². The Morgan fingerprint density at radius 2 is 2.17 bits per heavy atom. The van der Waals surface area contributed by atoms with Crippen molar-refractivity contribution in [1.29, 1.82) is 0 Å². The standard InChI is InChI=1S/C8H16O2S2/c1-2-10-8(9)7(12)5-3-4-6-11/h7,11-12H,2-6H2,1H3. The number of unbranched alkanes of at least 4 members (excludes halogenated alkanes) is 1. The molecule has 0 spiro atoms. The van der Waals surface area contributed by atoms with Crippen LogP contribution in [0.4, 0.5) is 0 Å². The van der Waals surface area contributed by atoms with Gasteiger partial charge in [-0.25, -0.2) is 0 Å². The minimum Gasteiger partial charge on any atom is -0.465 e. The van der Waals surface area contributed by atoms with Gasteiger partial charge in [-0.15, -0.1) is 0 Å². The molecule has 0 aromatic rings. The minimum absolute atomic E-state index is 0.208. The zero-order chi connectivity index (χ0) is 9.40. The molecular formula is C8H16O2S2. The maximum absolute atomic E-state index is 11.0. The Morgan fingerprint density at radius 3 is 2.67 bits per heavy atom. The first-order valence-corrected chi connectivity index (χ1v) is 5.32. The van der Waals surface area contributed by atoms with Crippen molar-refractivity contribution in [3.8, 4) is 0 Å². The molecule has 1 unspecified atom stereocenters.